The molecule has 0 aromatic carbocycles. The van der Waals surface area contributed by atoms with Crippen LogP contribution in [0.4, 0.5) is 0 Å². The fourth-order valence-corrected chi connectivity index (χ4v) is 0.0680. The van der Waals surface area contributed by atoms with E-state index in [0.29, 0.717) is 6.54 Å². The van der Waals surface area contributed by atoms with E-state index in [1.165, 1.54) is 0 Å². The smallest absolute Gasteiger partial charge is 0.0786 e. The van der Waals surface area contributed by atoms with Gasteiger partial charge >= 0.3 is 0 Å². The van der Waals surface area contributed by atoms with E-state index in [9.17, 15) is 0 Å². The third-order valence-corrected chi connectivity index (χ3v) is 0.468. The molecule has 0 saturated heterocycles. The summed E-state index contributed by atoms with van der Waals surface area (Å²) in [6.45, 7) is 0.372. The van der Waals surface area contributed by atoms with Crippen LogP contribution < -0.4 is 11.5 Å². The van der Waals surface area contributed by atoms with E-state index in [2.05, 4.69) is 5.92 Å². The molecule has 0 aliphatic rings. The topological polar surface area (TPSA) is 52.0 Å². The van der Waals surface area contributed by atoms with Gasteiger partial charge in [-0.1, -0.05) is 5.92 Å². The second-order valence-electron chi connectivity index (χ2n) is 1.01. The molecule has 2 nitrogen and oxygen atoms in total. The standard InChI is InChI=1S/C4H8N2/c1-2-4(6)3-5/h1,4H,3,5-6H2. The first-order chi connectivity index (χ1) is 2.81. The van der Waals surface area contributed by atoms with Gasteiger partial charge in [0, 0.05) is 6.54 Å². The fraction of sp³-hybridized carbons (Fsp3) is 0.500. The average molecular weight is 84.1 g/mol. The van der Waals surface area contributed by atoms with Crippen molar-refractivity contribution in [1.29, 1.82) is 0 Å². The molecule has 0 heterocycles. The van der Waals surface area contributed by atoms with Crippen LogP contribution in [0.25, 0.3) is 0 Å². The van der Waals surface area contributed by atoms with Crippen molar-refractivity contribution >= 4 is 0 Å². The van der Waals surface area contributed by atoms with Crippen LogP contribution in [0, 0.1) is 12.3 Å². The Balaban J connectivity index is 3.04. The van der Waals surface area contributed by atoms with Crippen molar-refractivity contribution in [2.45, 2.75) is 6.04 Å². The molecule has 0 aromatic rings. The maximum atomic E-state index is 5.11. The molecule has 0 aromatic heterocycles. The molecule has 0 radical (unpaired) electrons. The lowest BCUT2D eigenvalue weighted by atomic mass is 10.3. The Morgan fingerprint density at radius 2 is 2.33 bits per heavy atom. The zero-order valence-corrected chi connectivity index (χ0v) is 3.52. The minimum atomic E-state index is -0.259. The maximum absolute atomic E-state index is 5.11. The molecule has 0 bridgehead atoms. The van der Waals surface area contributed by atoms with Crippen LogP contribution in [0.5, 0.6) is 0 Å². The zero-order valence-electron chi connectivity index (χ0n) is 3.52. The summed E-state index contributed by atoms with van der Waals surface area (Å²) in [5.41, 5.74) is 10.1. The van der Waals surface area contributed by atoms with Crippen LogP contribution >= 0.6 is 0 Å². The predicted molar refractivity (Wildman–Crippen MR) is 25.9 cm³/mol. The van der Waals surface area contributed by atoms with E-state index in [4.69, 9.17) is 17.9 Å². The number of rotatable bonds is 1. The number of hydrogen-bond donors (Lipinski definition) is 2. The highest BCUT2D eigenvalue weighted by Crippen LogP contribution is 1.60. The number of nitrogens with two attached hydrogens (primary N) is 2. The Kier molecular flexibility index (Phi) is 2.47. The molecule has 1 unspecified atom stereocenters. The van der Waals surface area contributed by atoms with Crippen molar-refractivity contribution in [3.63, 3.8) is 0 Å². The van der Waals surface area contributed by atoms with Crippen LogP contribution in [0.2, 0.25) is 0 Å². The summed E-state index contributed by atoms with van der Waals surface area (Å²) in [6, 6.07) is -0.259. The van der Waals surface area contributed by atoms with Crippen molar-refractivity contribution in [1.82, 2.24) is 0 Å². The van der Waals surface area contributed by atoms with Crippen LogP contribution in [0.15, 0.2) is 0 Å². The lowest BCUT2D eigenvalue weighted by Gasteiger charge is -1.92. The van der Waals surface area contributed by atoms with Crippen molar-refractivity contribution in [2.24, 2.45) is 11.5 Å². The minimum absolute atomic E-state index is 0.259. The molecule has 4 N–H and O–H groups in total. The Labute approximate surface area is 37.5 Å². The van der Waals surface area contributed by atoms with Crippen LogP contribution in [0.1, 0.15) is 0 Å². The molecule has 0 spiro atoms. The first-order valence-electron chi connectivity index (χ1n) is 1.73. The molecule has 0 rings (SSSR count). The van der Waals surface area contributed by atoms with Gasteiger partial charge < -0.3 is 11.5 Å². The number of terminal acetylenes is 1. The lowest BCUT2D eigenvalue weighted by Crippen LogP contribution is -2.27. The summed E-state index contributed by atoms with van der Waals surface area (Å²) in [4.78, 5) is 0. The highest BCUT2D eigenvalue weighted by molar-refractivity contribution is 4.96. The fourth-order valence-electron chi connectivity index (χ4n) is 0.0680. The maximum Gasteiger partial charge on any atom is 0.0786 e. The van der Waals surface area contributed by atoms with Crippen LogP contribution in [-0.4, -0.2) is 12.6 Å². The van der Waals surface area contributed by atoms with E-state index >= 15 is 0 Å². The molecular formula is C4H8N2. The summed E-state index contributed by atoms with van der Waals surface area (Å²) in [6.07, 6.45) is 4.83. The zero-order chi connectivity index (χ0) is 4.99. The highest BCUT2D eigenvalue weighted by Gasteiger charge is 1.85. The number of hydrogen-bond acceptors (Lipinski definition) is 2. The van der Waals surface area contributed by atoms with Crippen molar-refractivity contribution in [2.75, 3.05) is 6.54 Å². The molecule has 0 aliphatic carbocycles. The second kappa shape index (κ2) is 2.70. The molecule has 0 aliphatic heterocycles. The van der Waals surface area contributed by atoms with Crippen molar-refractivity contribution in [3.8, 4) is 12.3 Å². The molecule has 34 valence electrons. The molecule has 0 saturated carbocycles. The predicted octanol–water partition coefficient (Wildman–Crippen LogP) is -1.09. The van der Waals surface area contributed by atoms with Gasteiger partial charge in [-0.05, 0) is 0 Å². The molecular weight excluding hydrogens is 76.1 g/mol. The monoisotopic (exact) mass is 84.1 g/mol. The molecule has 6 heavy (non-hydrogen) atoms. The van der Waals surface area contributed by atoms with E-state index in [0.717, 1.165) is 0 Å². The summed E-state index contributed by atoms with van der Waals surface area (Å²) in [5, 5.41) is 0. The Hall–Kier alpha value is -0.520. The summed E-state index contributed by atoms with van der Waals surface area (Å²) in [7, 11) is 0. The minimum Gasteiger partial charge on any atom is -0.328 e. The van der Waals surface area contributed by atoms with Gasteiger partial charge in [0.2, 0.25) is 0 Å². The Morgan fingerprint density at radius 3 is 2.33 bits per heavy atom. The van der Waals surface area contributed by atoms with Gasteiger partial charge in [-0.3, -0.25) is 0 Å². The first-order valence-corrected chi connectivity index (χ1v) is 1.73. The van der Waals surface area contributed by atoms with Crippen molar-refractivity contribution in [3.05, 3.63) is 0 Å². The highest BCUT2D eigenvalue weighted by atomic mass is 14.7. The quantitative estimate of drug-likeness (QED) is 0.396. The summed E-state index contributed by atoms with van der Waals surface area (Å²) >= 11 is 0. The van der Waals surface area contributed by atoms with E-state index in [1.807, 2.05) is 0 Å². The molecule has 2 heteroatoms. The van der Waals surface area contributed by atoms with Gasteiger partial charge in [-0.2, -0.15) is 0 Å². The van der Waals surface area contributed by atoms with E-state index < -0.39 is 0 Å². The van der Waals surface area contributed by atoms with E-state index in [-0.39, 0.29) is 6.04 Å². The molecule has 0 fully saturated rings. The van der Waals surface area contributed by atoms with Gasteiger partial charge in [-0.25, -0.2) is 0 Å². The normalized spacial score (nSPS) is 12.8. The van der Waals surface area contributed by atoms with Gasteiger partial charge in [0.1, 0.15) is 0 Å². The first kappa shape index (κ1) is 5.48. The largest absolute Gasteiger partial charge is 0.328 e. The molecule has 1 atom stereocenters. The second-order valence-corrected chi connectivity index (χ2v) is 1.01. The van der Waals surface area contributed by atoms with Crippen molar-refractivity contribution < 1.29 is 0 Å². The van der Waals surface area contributed by atoms with Gasteiger partial charge in [0.05, 0.1) is 6.04 Å². The third-order valence-electron chi connectivity index (χ3n) is 0.468. The molecule has 0 amide bonds. The van der Waals surface area contributed by atoms with Gasteiger partial charge in [-0.15, -0.1) is 6.42 Å². The van der Waals surface area contributed by atoms with E-state index in [1.54, 1.807) is 0 Å². The SMILES string of the molecule is C#CC(N)CN. The summed E-state index contributed by atoms with van der Waals surface area (Å²) in [5.74, 6) is 2.27. The van der Waals surface area contributed by atoms with Crippen LogP contribution in [0.3, 0.4) is 0 Å². The Morgan fingerprint density at radius 1 is 1.83 bits per heavy atom. The average Bonchev–Trinajstić information content (AvgIpc) is 1.65. The lowest BCUT2D eigenvalue weighted by molar-refractivity contribution is 0.849. The Bertz CT molecular complexity index is 62.4. The third kappa shape index (κ3) is 1.77. The van der Waals surface area contributed by atoms with Gasteiger partial charge in [0.25, 0.3) is 0 Å². The summed E-state index contributed by atoms with van der Waals surface area (Å²) < 4.78 is 0. The van der Waals surface area contributed by atoms with Gasteiger partial charge in [0.15, 0.2) is 0 Å². The van der Waals surface area contributed by atoms with Crippen LogP contribution in [-0.2, 0) is 0 Å².